The molecule has 1 aromatic rings. The largest absolute Gasteiger partial charge is 0.329 e. The lowest BCUT2D eigenvalue weighted by atomic mass is 10.1. The molecular weight excluding hydrogens is 174 g/mol. The normalized spacial score (nSPS) is 13.0. The average Bonchev–Trinajstić information content (AvgIpc) is 2.08. The molecule has 1 heterocycles. The van der Waals surface area contributed by atoms with Gasteiger partial charge in [-0.25, -0.2) is 4.98 Å². The Hall–Kier alpha value is -0.640. The maximum atomic E-state index is 5.75. The van der Waals surface area contributed by atoms with Crippen LogP contribution in [0.15, 0.2) is 12.3 Å². The van der Waals surface area contributed by atoms with Gasteiger partial charge in [0, 0.05) is 18.8 Å². The lowest BCUT2D eigenvalue weighted by Crippen LogP contribution is -2.20. The van der Waals surface area contributed by atoms with Crippen LogP contribution in [0.4, 0.5) is 0 Å². The fourth-order valence-corrected chi connectivity index (χ4v) is 1.02. The third-order valence-corrected chi connectivity index (χ3v) is 2.11. The van der Waals surface area contributed by atoms with E-state index < -0.39 is 0 Å². The predicted octanol–water partition coefficient (Wildman–Crippen LogP) is 1.00. The minimum atomic E-state index is -0.145. The number of hydrogen-bond donors (Lipinski definition) is 2. The van der Waals surface area contributed by atoms with Crippen molar-refractivity contribution in [3.63, 3.8) is 0 Å². The number of pyridine rings is 1. The van der Waals surface area contributed by atoms with Crippen LogP contribution in [0.25, 0.3) is 0 Å². The monoisotopic (exact) mass is 185 g/mol. The highest BCUT2D eigenvalue weighted by Gasteiger charge is 2.05. The Morgan fingerprint density at radius 1 is 1.67 bits per heavy atom. The summed E-state index contributed by atoms with van der Waals surface area (Å²) in [7, 11) is 0. The molecule has 0 unspecified atom stereocenters. The molecule has 1 rings (SSSR count). The third kappa shape index (κ3) is 1.94. The van der Waals surface area contributed by atoms with Gasteiger partial charge in [0.15, 0.2) is 0 Å². The molecule has 12 heavy (non-hydrogen) atoms. The summed E-state index contributed by atoms with van der Waals surface area (Å²) in [5, 5.41) is 0.517. The Bertz CT molecular complexity index is 275. The molecule has 0 amide bonds. The Morgan fingerprint density at radius 3 is 2.83 bits per heavy atom. The van der Waals surface area contributed by atoms with Gasteiger partial charge in [0.1, 0.15) is 5.15 Å². The Labute approximate surface area is 76.7 Å². The van der Waals surface area contributed by atoms with Gasteiger partial charge in [0.2, 0.25) is 0 Å². The first-order valence-corrected chi connectivity index (χ1v) is 4.10. The number of nitrogens with two attached hydrogens (primary N) is 2. The van der Waals surface area contributed by atoms with Crippen LogP contribution in [0.2, 0.25) is 5.15 Å². The van der Waals surface area contributed by atoms with E-state index >= 15 is 0 Å². The molecule has 0 aliphatic rings. The van der Waals surface area contributed by atoms with Gasteiger partial charge in [-0.15, -0.1) is 0 Å². The van der Waals surface area contributed by atoms with E-state index in [1.54, 1.807) is 6.20 Å². The van der Waals surface area contributed by atoms with Crippen LogP contribution in [0.1, 0.15) is 17.2 Å². The zero-order chi connectivity index (χ0) is 9.14. The second-order valence-electron chi connectivity index (χ2n) is 2.72. The number of rotatable bonds is 2. The van der Waals surface area contributed by atoms with E-state index in [1.165, 1.54) is 0 Å². The molecule has 0 aliphatic carbocycles. The van der Waals surface area contributed by atoms with Crippen molar-refractivity contribution in [3.8, 4) is 0 Å². The van der Waals surface area contributed by atoms with Crippen LogP contribution >= 0.6 is 11.6 Å². The topological polar surface area (TPSA) is 64.9 Å². The van der Waals surface area contributed by atoms with Crippen LogP contribution in [-0.2, 0) is 0 Å². The number of aryl methyl sites for hydroxylation is 1. The lowest BCUT2D eigenvalue weighted by Gasteiger charge is -2.09. The van der Waals surface area contributed by atoms with Crippen molar-refractivity contribution in [2.45, 2.75) is 13.0 Å². The molecule has 0 aromatic carbocycles. The maximum Gasteiger partial charge on any atom is 0.131 e. The van der Waals surface area contributed by atoms with Gasteiger partial charge in [-0.1, -0.05) is 11.6 Å². The second kappa shape index (κ2) is 3.85. The van der Waals surface area contributed by atoms with Gasteiger partial charge in [-0.05, 0) is 24.1 Å². The third-order valence-electron chi connectivity index (χ3n) is 1.72. The Balaban J connectivity index is 2.96. The zero-order valence-electron chi connectivity index (χ0n) is 6.92. The van der Waals surface area contributed by atoms with Crippen LogP contribution in [0.3, 0.4) is 0 Å². The summed E-state index contributed by atoms with van der Waals surface area (Å²) in [6.07, 6.45) is 1.66. The molecule has 1 atom stereocenters. The highest BCUT2D eigenvalue weighted by molar-refractivity contribution is 6.30. The predicted molar refractivity (Wildman–Crippen MR) is 50.0 cm³/mol. The molecular formula is C8H12ClN3. The summed E-state index contributed by atoms with van der Waals surface area (Å²) in [4.78, 5) is 3.98. The van der Waals surface area contributed by atoms with Gasteiger partial charge in [-0.3, -0.25) is 0 Å². The van der Waals surface area contributed by atoms with Crippen molar-refractivity contribution < 1.29 is 0 Å². The van der Waals surface area contributed by atoms with Crippen molar-refractivity contribution in [3.05, 3.63) is 28.5 Å². The van der Waals surface area contributed by atoms with Gasteiger partial charge in [0.05, 0.1) is 0 Å². The van der Waals surface area contributed by atoms with E-state index in [2.05, 4.69) is 4.98 Å². The first-order valence-electron chi connectivity index (χ1n) is 3.73. The SMILES string of the molecule is Cc1cc([C@H](N)CN)cnc1Cl. The van der Waals surface area contributed by atoms with Crippen molar-refractivity contribution in [1.82, 2.24) is 4.98 Å². The smallest absolute Gasteiger partial charge is 0.131 e. The molecule has 0 radical (unpaired) electrons. The lowest BCUT2D eigenvalue weighted by molar-refractivity contribution is 0.732. The molecule has 0 fully saturated rings. The van der Waals surface area contributed by atoms with Crippen LogP contribution in [0, 0.1) is 6.92 Å². The van der Waals surface area contributed by atoms with E-state index in [4.69, 9.17) is 23.1 Å². The molecule has 1 aromatic heterocycles. The average molecular weight is 186 g/mol. The van der Waals surface area contributed by atoms with Crippen molar-refractivity contribution >= 4 is 11.6 Å². The molecule has 0 bridgehead atoms. The quantitative estimate of drug-likeness (QED) is 0.676. The van der Waals surface area contributed by atoms with E-state index in [0.717, 1.165) is 11.1 Å². The highest BCUT2D eigenvalue weighted by atomic mass is 35.5. The fraction of sp³-hybridized carbons (Fsp3) is 0.375. The van der Waals surface area contributed by atoms with Crippen LogP contribution in [0.5, 0.6) is 0 Å². The summed E-state index contributed by atoms with van der Waals surface area (Å²) < 4.78 is 0. The standard InChI is InChI=1S/C8H12ClN3/c1-5-2-6(7(11)3-10)4-12-8(5)9/h2,4,7H,3,10-11H2,1H3/t7-/m1/s1. The summed E-state index contributed by atoms with van der Waals surface area (Å²) in [6, 6.07) is 1.76. The van der Waals surface area contributed by atoms with Crippen LogP contribution < -0.4 is 11.5 Å². The molecule has 0 aliphatic heterocycles. The zero-order valence-corrected chi connectivity index (χ0v) is 7.67. The van der Waals surface area contributed by atoms with Gasteiger partial charge >= 0.3 is 0 Å². The highest BCUT2D eigenvalue weighted by Crippen LogP contribution is 2.15. The van der Waals surface area contributed by atoms with Crippen LogP contribution in [-0.4, -0.2) is 11.5 Å². The fourth-order valence-electron chi connectivity index (χ4n) is 0.919. The molecule has 4 heteroatoms. The van der Waals surface area contributed by atoms with Gasteiger partial charge in [-0.2, -0.15) is 0 Å². The molecule has 66 valence electrons. The second-order valence-corrected chi connectivity index (χ2v) is 3.08. The molecule has 0 saturated carbocycles. The Morgan fingerprint density at radius 2 is 2.33 bits per heavy atom. The maximum absolute atomic E-state index is 5.75. The first-order chi connectivity index (χ1) is 5.65. The summed E-state index contributed by atoms with van der Waals surface area (Å²) in [6.45, 7) is 2.31. The molecule has 0 saturated heterocycles. The molecule has 3 nitrogen and oxygen atoms in total. The van der Waals surface area contributed by atoms with Crippen molar-refractivity contribution in [2.24, 2.45) is 11.5 Å². The summed E-state index contributed by atoms with van der Waals surface area (Å²) in [5.41, 5.74) is 13.0. The Kier molecular flexibility index (Phi) is 3.03. The minimum Gasteiger partial charge on any atom is -0.329 e. The van der Waals surface area contributed by atoms with Gasteiger partial charge < -0.3 is 11.5 Å². The molecule has 0 spiro atoms. The summed E-state index contributed by atoms with van der Waals surface area (Å²) in [5.74, 6) is 0. The van der Waals surface area contributed by atoms with E-state index in [1.807, 2.05) is 13.0 Å². The number of hydrogen-bond acceptors (Lipinski definition) is 3. The first kappa shape index (κ1) is 9.45. The van der Waals surface area contributed by atoms with E-state index in [9.17, 15) is 0 Å². The van der Waals surface area contributed by atoms with Crippen molar-refractivity contribution in [2.75, 3.05) is 6.54 Å². The number of halogens is 1. The minimum absolute atomic E-state index is 0.145. The van der Waals surface area contributed by atoms with Crippen molar-refractivity contribution in [1.29, 1.82) is 0 Å². The van der Waals surface area contributed by atoms with Gasteiger partial charge in [0.25, 0.3) is 0 Å². The van der Waals surface area contributed by atoms with E-state index in [-0.39, 0.29) is 6.04 Å². The number of aromatic nitrogens is 1. The summed E-state index contributed by atoms with van der Waals surface area (Å²) >= 11 is 5.75. The number of nitrogens with zero attached hydrogens (tertiary/aromatic N) is 1. The van der Waals surface area contributed by atoms with E-state index in [0.29, 0.717) is 11.7 Å². The molecule has 4 N–H and O–H groups in total.